The van der Waals surface area contributed by atoms with Gasteiger partial charge in [0.05, 0.1) is 0 Å². The van der Waals surface area contributed by atoms with Crippen LogP contribution in [-0.2, 0) is 13.1 Å². The number of aromatic nitrogens is 1. The van der Waals surface area contributed by atoms with E-state index in [1.807, 2.05) is 13.2 Å². The lowest BCUT2D eigenvalue weighted by Gasteiger charge is -2.34. The van der Waals surface area contributed by atoms with Gasteiger partial charge in [-0.05, 0) is 37.1 Å². The molecule has 34 heavy (non-hydrogen) atoms. The van der Waals surface area contributed by atoms with Gasteiger partial charge >= 0.3 is 0 Å². The number of guanidine groups is 1. The molecule has 0 spiro atoms. The molecule has 2 saturated heterocycles. The van der Waals surface area contributed by atoms with Crippen molar-refractivity contribution in [3.63, 3.8) is 0 Å². The number of pyridine rings is 1. The van der Waals surface area contributed by atoms with Crippen molar-refractivity contribution in [1.29, 1.82) is 0 Å². The Kier molecular flexibility index (Phi) is 10.4. The first kappa shape index (κ1) is 26.7. The lowest BCUT2D eigenvalue weighted by molar-refractivity contribution is 0.258. The molecular weight excluding hydrogens is 537 g/mol. The predicted molar refractivity (Wildman–Crippen MR) is 152 cm³/mol. The second kappa shape index (κ2) is 13.3. The van der Waals surface area contributed by atoms with Crippen molar-refractivity contribution in [3.8, 4) is 0 Å². The third kappa shape index (κ3) is 7.29. The van der Waals surface area contributed by atoms with Crippen molar-refractivity contribution >= 4 is 35.8 Å². The van der Waals surface area contributed by atoms with Crippen molar-refractivity contribution in [2.45, 2.75) is 45.4 Å². The van der Waals surface area contributed by atoms with Gasteiger partial charge < -0.3 is 20.4 Å². The van der Waals surface area contributed by atoms with E-state index in [2.05, 4.69) is 86.6 Å². The second-order valence-electron chi connectivity index (χ2n) is 9.21. The Bertz CT molecular complexity index is 882. The van der Waals surface area contributed by atoms with E-state index in [0.717, 1.165) is 64.0 Å². The zero-order valence-corrected chi connectivity index (χ0v) is 23.1. The smallest absolute Gasteiger partial charge is 0.191 e. The Morgan fingerprint density at radius 2 is 1.82 bits per heavy atom. The van der Waals surface area contributed by atoms with E-state index in [0.29, 0.717) is 18.6 Å². The Balaban J connectivity index is 0.00000324. The highest BCUT2D eigenvalue weighted by atomic mass is 127. The van der Waals surface area contributed by atoms with Crippen LogP contribution < -0.4 is 15.5 Å². The number of nitrogens with zero attached hydrogens (tertiary/aromatic N) is 5. The van der Waals surface area contributed by atoms with Crippen LogP contribution in [0.15, 0.2) is 53.7 Å². The fraction of sp³-hybridized carbons (Fsp3) is 0.538. The first-order valence-corrected chi connectivity index (χ1v) is 12.3. The molecule has 4 rings (SSSR count). The van der Waals surface area contributed by atoms with Gasteiger partial charge in [0.2, 0.25) is 0 Å². The van der Waals surface area contributed by atoms with E-state index in [4.69, 9.17) is 4.98 Å². The Hall–Kier alpha value is -1.91. The maximum absolute atomic E-state index is 4.72. The van der Waals surface area contributed by atoms with Gasteiger partial charge in [0.1, 0.15) is 5.82 Å². The third-order valence-corrected chi connectivity index (χ3v) is 6.91. The summed E-state index contributed by atoms with van der Waals surface area (Å²) in [4.78, 5) is 16.6. The van der Waals surface area contributed by atoms with Crippen LogP contribution in [0.3, 0.4) is 0 Å². The number of hydrogen-bond donors (Lipinski definition) is 2. The van der Waals surface area contributed by atoms with Gasteiger partial charge in [-0.15, -0.1) is 24.0 Å². The van der Waals surface area contributed by atoms with Gasteiger partial charge in [0, 0.05) is 71.1 Å². The zero-order chi connectivity index (χ0) is 23.0. The topological polar surface area (TPSA) is 59.0 Å². The second-order valence-corrected chi connectivity index (χ2v) is 9.21. The number of likely N-dealkylation sites (tertiary alicyclic amines) is 1. The van der Waals surface area contributed by atoms with E-state index < -0.39 is 0 Å². The number of halogens is 1. The first-order chi connectivity index (χ1) is 16.1. The molecule has 2 aromatic rings. The van der Waals surface area contributed by atoms with E-state index in [1.165, 1.54) is 11.1 Å². The number of rotatable bonds is 7. The summed E-state index contributed by atoms with van der Waals surface area (Å²) in [5, 5.41) is 7.08. The normalized spacial score (nSPS) is 21.9. The summed E-state index contributed by atoms with van der Waals surface area (Å²) >= 11 is 0. The first-order valence-electron chi connectivity index (χ1n) is 12.3. The lowest BCUT2D eigenvalue weighted by atomic mass is 10.2. The Morgan fingerprint density at radius 1 is 1.06 bits per heavy atom. The van der Waals surface area contributed by atoms with Gasteiger partial charge in [-0.2, -0.15) is 0 Å². The molecule has 2 fully saturated rings. The SMILES string of the molecule is CCN1CCN(c2ccc(CNC(=NC)NC3CC(C)N(Cc4ccccc4)C3)cn2)CC1.I. The molecule has 0 amide bonds. The summed E-state index contributed by atoms with van der Waals surface area (Å²) in [5.41, 5.74) is 2.54. The highest BCUT2D eigenvalue weighted by Crippen LogP contribution is 2.20. The minimum absolute atomic E-state index is 0. The molecule has 3 heterocycles. The van der Waals surface area contributed by atoms with Crippen LogP contribution in [0.2, 0.25) is 0 Å². The van der Waals surface area contributed by atoms with Crippen LogP contribution in [0.5, 0.6) is 0 Å². The number of likely N-dealkylation sites (N-methyl/N-ethyl adjacent to an activating group) is 1. The summed E-state index contributed by atoms with van der Waals surface area (Å²) in [7, 11) is 1.84. The van der Waals surface area contributed by atoms with E-state index in [1.54, 1.807) is 0 Å². The number of piperazine rings is 1. The van der Waals surface area contributed by atoms with Gasteiger partial charge in [-0.25, -0.2) is 4.98 Å². The molecule has 8 heteroatoms. The van der Waals surface area contributed by atoms with Crippen molar-refractivity contribution < 1.29 is 0 Å². The van der Waals surface area contributed by atoms with Crippen molar-refractivity contribution in [2.24, 2.45) is 4.99 Å². The maximum atomic E-state index is 4.72. The molecule has 0 saturated carbocycles. The van der Waals surface area contributed by atoms with Crippen LogP contribution in [0.1, 0.15) is 31.4 Å². The van der Waals surface area contributed by atoms with Crippen molar-refractivity contribution in [3.05, 3.63) is 59.8 Å². The molecular formula is C26H40IN7. The highest BCUT2D eigenvalue weighted by molar-refractivity contribution is 14.0. The number of nitrogens with one attached hydrogen (secondary N) is 2. The van der Waals surface area contributed by atoms with Gasteiger partial charge in [-0.3, -0.25) is 9.89 Å². The summed E-state index contributed by atoms with van der Waals surface area (Å²) in [6, 6.07) is 16.0. The summed E-state index contributed by atoms with van der Waals surface area (Å²) < 4.78 is 0. The molecule has 186 valence electrons. The minimum atomic E-state index is 0. The summed E-state index contributed by atoms with van der Waals surface area (Å²) in [6.07, 6.45) is 3.11. The van der Waals surface area contributed by atoms with E-state index in [-0.39, 0.29) is 24.0 Å². The molecule has 2 aliphatic heterocycles. The van der Waals surface area contributed by atoms with E-state index >= 15 is 0 Å². The molecule has 2 atom stereocenters. The van der Waals surface area contributed by atoms with Gasteiger partial charge in [0.15, 0.2) is 5.96 Å². The largest absolute Gasteiger partial charge is 0.354 e. The predicted octanol–water partition coefficient (Wildman–Crippen LogP) is 3.17. The molecule has 0 aliphatic carbocycles. The van der Waals surface area contributed by atoms with Crippen LogP contribution >= 0.6 is 24.0 Å². The van der Waals surface area contributed by atoms with Crippen LogP contribution in [0.25, 0.3) is 0 Å². The van der Waals surface area contributed by atoms with Crippen LogP contribution in [0.4, 0.5) is 5.82 Å². The molecule has 1 aromatic carbocycles. The standard InChI is InChI=1S/C26H39N7.HI/c1-4-31-12-14-32(15-13-31)25-11-10-23(17-28-25)18-29-26(27-3)30-24-16-21(2)33(20-24)19-22-8-6-5-7-9-22;/h5-11,17,21,24H,4,12-16,18-20H2,1-3H3,(H2,27,29,30);1H. The molecule has 0 radical (unpaired) electrons. The molecule has 2 aliphatic rings. The maximum Gasteiger partial charge on any atom is 0.191 e. The number of hydrogen-bond acceptors (Lipinski definition) is 5. The fourth-order valence-electron chi connectivity index (χ4n) is 4.82. The average molecular weight is 578 g/mol. The molecule has 2 N–H and O–H groups in total. The van der Waals surface area contributed by atoms with Gasteiger partial charge in [0.25, 0.3) is 0 Å². The molecule has 0 bridgehead atoms. The number of benzene rings is 1. The quantitative estimate of drug-likeness (QED) is 0.300. The Morgan fingerprint density at radius 3 is 2.47 bits per heavy atom. The average Bonchev–Trinajstić information content (AvgIpc) is 3.21. The van der Waals surface area contributed by atoms with Crippen LogP contribution in [0, 0.1) is 0 Å². The minimum Gasteiger partial charge on any atom is -0.354 e. The Labute approximate surface area is 222 Å². The van der Waals surface area contributed by atoms with Crippen molar-refractivity contribution in [1.82, 2.24) is 25.4 Å². The fourth-order valence-corrected chi connectivity index (χ4v) is 4.82. The summed E-state index contributed by atoms with van der Waals surface area (Å²) in [5.74, 6) is 1.93. The number of aliphatic imine (C=N–C) groups is 1. The third-order valence-electron chi connectivity index (χ3n) is 6.91. The zero-order valence-electron chi connectivity index (χ0n) is 20.8. The van der Waals surface area contributed by atoms with Gasteiger partial charge in [-0.1, -0.05) is 43.3 Å². The monoisotopic (exact) mass is 577 g/mol. The van der Waals surface area contributed by atoms with E-state index in [9.17, 15) is 0 Å². The highest BCUT2D eigenvalue weighted by Gasteiger charge is 2.29. The number of anilines is 1. The summed E-state index contributed by atoms with van der Waals surface area (Å²) in [6.45, 7) is 12.8. The lowest BCUT2D eigenvalue weighted by Crippen LogP contribution is -2.46. The molecule has 1 aromatic heterocycles. The molecule has 7 nitrogen and oxygen atoms in total. The molecule has 2 unspecified atom stereocenters. The van der Waals surface area contributed by atoms with Crippen LogP contribution in [-0.4, -0.2) is 79.1 Å². The van der Waals surface area contributed by atoms with Crippen molar-refractivity contribution in [2.75, 3.05) is 51.2 Å².